The van der Waals surface area contributed by atoms with Crippen LogP contribution in [-0.4, -0.2) is 49.7 Å². The first-order chi connectivity index (χ1) is 10.2. The summed E-state index contributed by atoms with van der Waals surface area (Å²) in [4.78, 5) is 9.73. The van der Waals surface area contributed by atoms with Gasteiger partial charge in [-0.1, -0.05) is 13.8 Å². The first kappa shape index (κ1) is 16.2. The molecule has 1 saturated heterocycles. The molecule has 2 rings (SSSR count). The maximum absolute atomic E-state index is 4.81. The summed E-state index contributed by atoms with van der Waals surface area (Å²) in [5, 5.41) is 3.24. The normalized spacial score (nSPS) is 19.1. The van der Waals surface area contributed by atoms with Crippen molar-refractivity contribution in [2.75, 3.05) is 38.6 Å². The van der Waals surface area contributed by atoms with Crippen molar-refractivity contribution in [1.29, 1.82) is 0 Å². The van der Waals surface area contributed by atoms with E-state index in [4.69, 9.17) is 4.98 Å². The Hall–Kier alpha value is -1.13. The monoisotopic (exact) mass is 290 g/mol. The molecule has 1 N–H and O–H groups in total. The first-order valence-electron chi connectivity index (χ1n) is 8.27. The van der Waals surface area contributed by atoms with Crippen LogP contribution in [0, 0.1) is 0 Å². The van der Waals surface area contributed by atoms with E-state index in [-0.39, 0.29) is 0 Å². The van der Waals surface area contributed by atoms with Crippen LogP contribution in [0.3, 0.4) is 0 Å². The van der Waals surface area contributed by atoms with E-state index in [0.717, 1.165) is 31.9 Å². The van der Waals surface area contributed by atoms with Gasteiger partial charge in [-0.25, -0.2) is 4.98 Å². The van der Waals surface area contributed by atoms with E-state index < -0.39 is 0 Å². The van der Waals surface area contributed by atoms with Gasteiger partial charge in [0.1, 0.15) is 5.82 Å². The van der Waals surface area contributed by atoms with Gasteiger partial charge in [0.15, 0.2) is 0 Å². The van der Waals surface area contributed by atoms with Crippen LogP contribution in [-0.2, 0) is 13.0 Å². The highest BCUT2D eigenvalue weighted by Gasteiger charge is 2.24. The van der Waals surface area contributed by atoms with Gasteiger partial charge in [-0.05, 0) is 57.1 Å². The third-order valence-electron chi connectivity index (χ3n) is 4.45. The number of likely N-dealkylation sites (tertiary alicyclic amines) is 1. The van der Waals surface area contributed by atoms with E-state index in [1.165, 1.54) is 30.6 Å². The SMILES string of the molecule is CCc1cc(CNC)cc(N(C)CC2CCCN2CC)n1. The number of nitrogens with zero attached hydrogens (tertiary/aromatic N) is 3. The van der Waals surface area contributed by atoms with Crippen LogP contribution in [0.4, 0.5) is 5.82 Å². The molecule has 1 aromatic heterocycles. The fourth-order valence-corrected chi connectivity index (χ4v) is 3.24. The summed E-state index contributed by atoms with van der Waals surface area (Å²) in [6.45, 7) is 8.83. The van der Waals surface area contributed by atoms with Crippen LogP contribution in [0.25, 0.3) is 0 Å². The van der Waals surface area contributed by atoms with Crippen LogP contribution >= 0.6 is 0 Å². The zero-order valence-corrected chi connectivity index (χ0v) is 14.0. The maximum Gasteiger partial charge on any atom is 0.128 e. The molecule has 0 amide bonds. The predicted octanol–water partition coefficient (Wildman–Crippen LogP) is 2.28. The zero-order chi connectivity index (χ0) is 15.2. The van der Waals surface area contributed by atoms with Crippen molar-refractivity contribution in [3.8, 4) is 0 Å². The molecule has 1 aromatic rings. The van der Waals surface area contributed by atoms with Gasteiger partial charge in [0.2, 0.25) is 0 Å². The summed E-state index contributed by atoms with van der Waals surface area (Å²) < 4.78 is 0. The summed E-state index contributed by atoms with van der Waals surface area (Å²) in [6.07, 6.45) is 3.64. The quantitative estimate of drug-likeness (QED) is 0.835. The molecule has 1 aliphatic heterocycles. The molecule has 1 fully saturated rings. The highest BCUT2D eigenvalue weighted by molar-refractivity contribution is 5.42. The number of likely N-dealkylation sites (N-methyl/N-ethyl adjacent to an activating group) is 2. The molecule has 0 spiro atoms. The molecule has 4 heteroatoms. The molecule has 1 aliphatic rings. The van der Waals surface area contributed by atoms with Gasteiger partial charge in [0.25, 0.3) is 0 Å². The van der Waals surface area contributed by atoms with Crippen molar-refractivity contribution >= 4 is 5.82 Å². The second-order valence-corrected chi connectivity index (χ2v) is 6.01. The Morgan fingerprint density at radius 1 is 1.38 bits per heavy atom. The molecule has 0 aliphatic carbocycles. The second kappa shape index (κ2) is 7.76. The number of anilines is 1. The number of aryl methyl sites for hydroxylation is 1. The summed E-state index contributed by atoms with van der Waals surface area (Å²) >= 11 is 0. The van der Waals surface area contributed by atoms with Crippen LogP contribution < -0.4 is 10.2 Å². The maximum atomic E-state index is 4.81. The lowest BCUT2D eigenvalue weighted by atomic mass is 10.1. The fourth-order valence-electron chi connectivity index (χ4n) is 3.24. The average molecular weight is 290 g/mol. The molecular formula is C17H30N4. The Morgan fingerprint density at radius 2 is 2.19 bits per heavy atom. The number of aromatic nitrogens is 1. The van der Waals surface area contributed by atoms with E-state index >= 15 is 0 Å². The van der Waals surface area contributed by atoms with Crippen LogP contribution in [0.2, 0.25) is 0 Å². The van der Waals surface area contributed by atoms with Gasteiger partial charge in [0, 0.05) is 31.9 Å². The second-order valence-electron chi connectivity index (χ2n) is 6.01. The minimum Gasteiger partial charge on any atom is -0.358 e. The van der Waals surface area contributed by atoms with Gasteiger partial charge in [-0.2, -0.15) is 0 Å². The lowest BCUT2D eigenvalue weighted by Gasteiger charge is -2.28. The van der Waals surface area contributed by atoms with E-state index in [2.05, 4.69) is 48.1 Å². The molecule has 2 heterocycles. The van der Waals surface area contributed by atoms with Crippen LogP contribution in [0.15, 0.2) is 12.1 Å². The zero-order valence-electron chi connectivity index (χ0n) is 14.0. The Bertz CT molecular complexity index is 446. The van der Waals surface area contributed by atoms with Crippen molar-refractivity contribution < 1.29 is 0 Å². The first-order valence-corrected chi connectivity index (χ1v) is 8.27. The Balaban J connectivity index is 2.10. The van der Waals surface area contributed by atoms with Gasteiger partial charge in [-0.3, -0.25) is 4.90 Å². The third-order valence-corrected chi connectivity index (χ3v) is 4.45. The molecule has 0 radical (unpaired) electrons. The average Bonchev–Trinajstić information content (AvgIpc) is 2.94. The van der Waals surface area contributed by atoms with Crippen molar-refractivity contribution in [3.05, 3.63) is 23.4 Å². The van der Waals surface area contributed by atoms with Crippen LogP contribution in [0.5, 0.6) is 0 Å². The largest absolute Gasteiger partial charge is 0.358 e. The van der Waals surface area contributed by atoms with E-state index in [1.54, 1.807) is 0 Å². The highest BCUT2D eigenvalue weighted by atomic mass is 15.2. The lowest BCUT2D eigenvalue weighted by Crippen LogP contribution is -2.39. The molecule has 0 bridgehead atoms. The number of pyridine rings is 1. The summed E-state index contributed by atoms with van der Waals surface area (Å²) in [6, 6.07) is 5.11. The molecule has 1 unspecified atom stereocenters. The van der Waals surface area contributed by atoms with Gasteiger partial charge < -0.3 is 10.2 Å². The Labute approximate surface area is 129 Å². The summed E-state index contributed by atoms with van der Waals surface area (Å²) in [7, 11) is 4.17. The van der Waals surface area contributed by atoms with E-state index in [0.29, 0.717) is 6.04 Å². The molecule has 21 heavy (non-hydrogen) atoms. The molecule has 0 aromatic carbocycles. The third kappa shape index (κ3) is 4.17. The minimum atomic E-state index is 0.680. The number of hydrogen-bond donors (Lipinski definition) is 1. The number of nitrogens with one attached hydrogen (secondary N) is 1. The lowest BCUT2D eigenvalue weighted by molar-refractivity contribution is 0.270. The van der Waals surface area contributed by atoms with Crippen molar-refractivity contribution in [2.24, 2.45) is 0 Å². The van der Waals surface area contributed by atoms with Gasteiger partial charge >= 0.3 is 0 Å². The molecule has 1 atom stereocenters. The summed E-state index contributed by atoms with van der Waals surface area (Å²) in [5.41, 5.74) is 2.51. The van der Waals surface area contributed by atoms with E-state index in [1.807, 2.05) is 7.05 Å². The van der Waals surface area contributed by atoms with Crippen molar-refractivity contribution in [3.63, 3.8) is 0 Å². The van der Waals surface area contributed by atoms with Crippen LogP contribution in [0.1, 0.15) is 37.9 Å². The molecule has 0 saturated carbocycles. The van der Waals surface area contributed by atoms with Crippen molar-refractivity contribution in [1.82, 2.24) is 15.2 Å². The van der Waals surface area contributed by atoms with E-state index in [9.17, 15) is 0 Å². The fraction of sp³-hybridized carbons (Fsp3) is 0.706. The minimum absolute atomic E-state index is 0.680. The highest BCUT2D eigenvalue weighted by Crippen LogP contribution is 2.21. The Kier molecular flexibility index (Phi) is 6.00. The standard InChI is InChI=1S/C17H30N4/c1-5-15-10-14(12-18-3)11-17(19-15)20(4)13-16-8-7-9-21(16)6-2/h10-11,16,18H,5-9,12-13H2,1-4H3. The smallest absolute Gasteiger partial charge is 0.128 e. The topological polar surface area (TPSA) is 31.4 Å². The van der Waals surface area contributed by atoms with Gasteiger partial charge in [0.05, 0.1) is 0 Å². The van der Waals surface area contributed by atoms with Crippen molar-refractivity contribution in [2.45, 2.75) is 45.7 Å². The molecule has 4 nitrogen and oxygen atoms in total. The predicted molar refractivity (Wildman–Crippen MR) is 89.9 cm³/mol. The number of rotatable bonds is 7. The summed E-state index contributed by atoms with van der Waals surface area (Å²) in [5.74, 6) is 1.11. The molecule has 118 valence electrons. The molecular weight excluding hydrogens is 260 g/mol. The Morgan fingerprint density at radius 3 is 2.86 bits per heavy atom. The van der Waals surface area contributed by atoms with Gasteiger partial charge in [-0.15, -0.1) is 0 Å². The number of hydrogen-bond acceptors (Lipinski definition) is 4.